The summed E-state index contributed by atoms with van der Waals surface area (Å²) in [4.78, 5) is 13.6. The van der Waals surface area contributed by atoms with Crippen LogP contribution < -0.4 is 5.73 Å². The molecule has 0 fully saturated rings. The molecular formula is C14H17N3O3. The molecule has 4 N–H and O–H groups in total. The van der Waals surface area contributed by atoms with Crippen molar-refractivity contribution in [1.29, 1.82) is 5.26 Å². The maximum atomic E-state index is 12.1. The molecule has 6 heteroatoms. The third-order valence-electron chi connectivity index (χ3n) is 2.85. The molecule has 0 heterocycles. The molecule has 0 radical (unpaired) electrons. The van der Waals surface area contributed by atoms with Crippen molar-refractivity contribution in [3.05, 3.63) is 23.3 Å². The second kappa shape index (κ2) is 6.48. The third-order valence-corrected chi connectivity index (χ3v) is 2.85. The average molecular weight is 275 g/mol. The number of likely N-dealkylation sites (N-methyl/N-ethyl adjacent to an activating group) is 1. The highest BCUT2D eigenvalue weighted by atomic mass is 16.3. The molecule has 1 rings (SSSR count). The van der Waals surface area contributed by atoms with Gasteiger partial charge in [-0.3, -0.25) is 4.79 Å². The van der Waals surface area contributed by atoms with Crippen molar-refractivity contribution in [2.75, 3.05) is 18.8 Å². The van der Waals surface area contributed by atoms with Gasteiger partial charge in [-0.2, -0.15) is 5.26 Å². The van der Waals surface area contributed by atoms with E-state index in [-0.39, 0.29) is 17.2 Å². The summed E-state index contributed by atoms with van der Waals surface area (Å²) < 4.78 is 0. The van der Waals surface area contributed by atoms with Crippen LogP contribution >= 0.6 is 0 Å². The van der Waals surface area contributed by atoms with Crippen LogP contribution in [0.15, 0.2) is 17.7 Å². The van der Waals surface area contributed by atoms with Gasteiger partial charge >= 0.3 is 0 Å². The lowest BCUT2D eigenvalue weighted by molar-refractivity contribution is -0.126. The minimum absolute atomic E-state index is 0.0242. The lowest BCUT2D eigenvalue weighted by atomic mass is 10.1. The van der Waals surface area contributed by atoms with Crippen molar-refractivity contribution >= 4 is 17.7 Å². The van der Waals surface area contributed by atoms with Gasteiger partial charge < -0.3 is 20.8 Å². The Morgan fingerprint density at radius 2 is 2.00 bits per heavy atom. The number of nitriles is 1. The smallest absolute Gasteiger partial charge is 0.264 e. The number of aromatic hydroxyl groups is 2. The van der Waals surface area contributed by atoms with E-state index in [0.717, 1.165) is 0 Å². The fourth-order valence-corrected chi connectivity index (χ4v) is 1.74. The molecule has 0 aliphatic heterocycles. The predicted octanol–water partition coefficient (Wildman–Crippen LogP) is 1.46. The maximum absolute atomic E-state index is 12.1. The molecule has 0 unspecified atom stereocenters. The van der Waals surface area contributed by atoms with Crippen LogP contribution in [0.1, 0.15) is 19.4 Å². The fraction of sp³-hybridized carbons (Fsp3) is 0.286. The van der Waals surface area contributed by atoms with Gasteiger partial charge in [0.25, 0.3) is 5.91 Å². The van der Waals surface area contributed by atoms with Gasteiger partial charge in [-0.1, -0.05) is 0 Å². The first-order valence-electron chi connectivity index (χ1n) is 6.17. The number of rotatable bonds is 4. The van der Waals surface area contributed by atoms with Gasteiger partial charge in [0.15, 0.2) is 11.5 Å². The summed E-state index contributed by atoms with van der Waals surface area (Å²) >= 11 is 0. The molecule has 0 saturated carbocycles. The van der Waals surface area contributed by atoms with Gasteiger partial charge in [0.1, 0.15) is 11.6 Å². The standard InChI is InChI=1S/C14H17N3O3/c1-3-17(4-2)14(20)10(8-15)5-9-6-11(16)13(19)12(18)7-9/h5-7,18-19H,3-4,16H2,1-2H3/b10-5+. The van der Waals surface area contributed by atoms with Crippen LogP contribution in [0.25, 0.3) is 6.08 Å². The van der Waals surface area contributed by atoms with Gasteiger partial charge in [-0.05, 0) is 37.6 Å². The van der Waals surface area contributed by atoms with E-state index in [4.69, 9.17) is 11.0 Å². The van der Waals surface area contributed by atoms with Crippen LogP contribution in [0.4, 0.5) is 5.69 Å². The van der Waals surface area contributed by atoms with Crippen molar-refractivity contribution in [3.63, 3.8) is 0 Å². The minimum atomic E-state index is -0.421. The van der Waals surface area contributed by atoms with Crippen LogP contribution in [0.5, 0.6) is 11.5 Å². The summed E-state index contributed by atoms with van der Waals surface area (Å²) in [6.07, 6.45) is 1.33. The third kappa shape index (κ3) is 3.20. The highest BCUT2D eigenvalue weighted by Gasteiger charge is 2.15. The van der Waals surface area contributed by atoms with Crippen molar-refractivity contribution in [1.82, 2.24) is 4.90 Å². The highest BCUT2D eigenvalue weighted by molar-refractivity contribution is 6.01. The number of carbonyl (C=O) groups excluding carboxylic acids is 1. The first-order valence-corrected chi connectivity index (χ1v) is 6.17. The fourth-order valence-electron chi connectivity index (χ4n) is 1.74. The zero-order chi connectivity index (χ0) is 15.3. The van der Waals surface area contributed by atoms with Crippen molar-refractivity contribution in [2.24, 2.45) is 0 Å². The lowest BCUT2D eigenvalue weighted by Crippen LogP contribution is -2.31. The largest absolute Gasteiger partial charge is 0.504 e. The van der Waals surface area contributed by atoms with Crippen LogP contribution in [0.2, 0.25) is 0 Å². The summed E-state index contributed by atoms with van der Waals surface area (Å²) in [5, 5.41) is 27.9. The van der Waals surface area contributed by atoms with E-state index in [9.17, 15) is 15.0 Å². The van der Waals surface area contributed by atoms with Crippen molar-refractivity contribution in [2.45, 2.75) is 13.8 Å². The summed E-state index contributed by atoms with van der Waals surface area (Å²) in [7, 11) is 0. The Morgan fingerprint density at radius 1 is 1.40 bits per heavy atom. The molecule has 1 aromatic carbocycles. The molecule has 0 aromatic heterocycles. The van der Waals surface area contributed by atoms with Gasteiger partial charge in [0.2, 0.25) is 0 Å². The molecule has 1 amide bonds. The topological polar surface area (TPSA) is 111 Å². The summed E-state index contributed by atoms with van der Waals surface area (Å²) in [6, 6.07) is 4.45. The molecule has 1 aromatic rings. The summed E-state index contributed by atoms with van der Waals surface area (Å²) in [6.45, 7) is 4.64. The van der Waals surface area contributed by atoms with E-state index in [1.54, 1.807) is 0 Å². The predicted molar refractivity (Wildman–Crippen MR) is 75.7 cm³/mol. The molecule has 6 nitrogen and oxygen atoms in total. The van der Waals surface area contributed by atoms with Gasteiger partial charge in [-0.25, -0.2) is 0 Å². The van der Waals surface area contributed by atoms with E-state index in [1.807, 2.05) is 19.9 Å². The zero-order valence-corrected chi connectivity index (χ0v) is 11.4. The van der Waals surface area contributed by atoms with E-state index in [1.165, 1.54) is 23.1 Å². The Hall–Kier alpha value is -2.68. The number of phenolic OH excluding ortho intramolecular Hbond substituents is 2. The number of anilines is 1. The SMILES string of the molecule is CCN(CC)C(=O)/C(C#N)=C/c1cc(N)c(O)c(O)c1. The molecule has 106 valence electrons. The summed E-state index contributed by atoms with van der Waals surface area (Å²) in [5.41, 5.74) is 5.80. The van der Waals surface area contributed by atoms with E-state index in [0.29, 0.717) is 18.7 Å². The number of nitrogens with two attached hydrogens (primary N) is 1. The molecule has 0 bridgehead atoms. The lowest BCUT2D eigenvalue weighted by Gasteiger charge is -2.17. The number of nitrogen functional groups attached to an aromatic ring is 1. The quantitative estimate of drug-likeness (QED) is 0.333. The minimum Gasteiger partial charge on any atom is -0.504 e. The van der Waals surface area contributed by atoms with Gasteiger partial charge in [0, 0.05) is 13.1 Å². The maximum Gasteiger partial charge on any atom is 0.264 e. The van der Waals surface area contributed by atoms with Gasteiger partial charge in [-0.15, -0.1) is 0 Å². The summed E-state index contributed by atoms with van der Waals surface area (Å²) in [5.74, 6) is -1.21. The van der Waals surface area contributed by atoms with Crippen LogP contribution in [0, 0.1) is 11.3 Å². The van der Waals surface area contributed by atoms with Crippen LogP contribution in [-0.4, -0.2) is 34.1 Å². The first-order chi connectivity index (χ1) is 9.44. The zero-order valence-electron chi connectivity index (χ0n) is 11.4. The number of benzene rings is 1. The monoisotopic (exact) mass is 275 g/mol. The van der Waals surface area contributed by atoms with Crippen LogP contribution in [0.3, 0.4) is 0 Å². The number of phenols is 2. The Labute approximate surface area is 117 Å². The van der Waals surface area contributed by atoms with E-state index >= 15 is 0 Å². The Bertz CT molecular complexity index is 561. The molecular weight excluding hydrogens is 258 g/mol. The number of hydrogen-bond acceptors (Lipinski definition) is 5. The van der Waals surface area contributed by atoms with E-state index < -0.39 is 11.5 Å². The Kier molecular flexibility index (Phi) is 4.98. The molecule has 0 saturated heterocycles. The second-order valence-corrected chi connectivity index (χ2v) is 4.13. The van der Waals surface area contributed by atoms with E-state index in [2.05, 4.69) is 0 Å². The molecule has 0 atom stereocenters. The van der Waals surface area contributed by atoms with Crippen LogP contribution in [-0.2, 0) is 4.79 Å². The first kappa shape index (κ1) is 15.4. The Morgan fingerprint density at radius 3 is 2.45 bits per heavy atom. The molecule has 0 aliphatic carbocycles. The Balaban J connectivity index is 3.19. The second-order valence-electron chi connectivity index (χ2n) is 4.13. The normalized spacial score (nSPS) is 10.9. The molecule has 20 heavy (non-hydrogen) atoms. The number of nitrogens with zero attached hydrogens (tertiary/aromatic N) is 2. The number of amides is 1. The highest BCUT2D eigenvalue weighted by Crippen LogP contribution is 2.33. The van der Waals surface area contributed by atoms with Crippen molar-refractivity contribution < 1.29 is 15.0 Å². The van der Waals surface area contributed by atoms with Crippen molar-refractivity contribution in [3.8, 4) is 17.6 Å². The number of hydrogen-bond donors (Lipinski definition) is 3. The van der Waals surface area contributed by atoms with Gasteiger partial charge in [0.05, 0.1) is 5.69 Å². The molecule has 0 spiro atoms. The number of carbonyl (C=O) groups is 1. The molecule has 0 aliphatic rings. The average Bonchev–Trinajstić information content (AvgIpc) is 2.43.